The molecule has 0 spiro atoms. The second kappa shape index (κ2) is 3.76. The number of benzene rings is 1. The third-order valence-electron chi connectivity index (χ3n) is 1.42. The molecule has 1 nitrogen and oxygen atoms in total. The molecule has 0 amide bonds. The van der Waals surface area contributed by atoms with Crippen LogP contribution in [-0.4, -0.2) is 9.76 Å². The monoisotopic (exact) mass is 180 g/mol. The Hall–Kier alpha value is -0.763. The first-order valence-corrected chi connectivity index (χ1v) is 5.54. The van der Waals surface area contributed by atoms with Gasteiger partial charge in [-0.2, -0.15) is 0 Å². The summed E-state index contributed by atoms with van der Waals surface area (Å²) in [5.41, 5.74) is 0. The van der Waals surface area contributed by atoms with E-state index in [9.17, 15) is 0 Å². The topological polar surface area (TPSA) is 9.23 Å². The first-order chi connectivity index (χ1) is 5.58. The fourth-order valence-electron chi connectivity index (χ4n) is 0.817. The van der Waals surface area contributed by atoms with E-state index in [4.69, 9.17) is 4.43 Å². The van der Waals surface area contributed by atoms with Crippen molar-refractivity contribution in [2.24, 2.45) is 0 Å². The molecule has 2 heteroatoms. The maximum absolute atomic E-state index is 5.71. The predicted molar refractivity (Wildman–Crippen MR) is 55.3 cm³/mol. The predicted octanol–water partition coefficient (Wildman–Crippen LogP) is 2.37. The van der Waals surface area contributed by atoms with Gasteiger partial charge in [-0.15, -0.1) is 0 Å². The molecule has 0 fully saturated rings. The van der Waals surface area contributed by atoms with Crippen molar-refractivity contribution in [3.8, 4) is 5.75 Å². The molecule has 0 saturated carbocycles. The van der Waals surface area contributed by atoms with Crippen molar-refractivity contribution in [3.05, 3.63) is 30.3 Å². The van der Waals surface area contributed by atoms with Crippen LogP contribution in [0.15, 0.2) is 30.3 Å². The number of hydrogen-bond acceptors (Lipinski definition) is 1. The van der Waals surface area contributed by atoms with Crippen LogP contribution in [0.5, 0.6) is 5.75 Å². The molecular formula is C10H16OSi. The molecule has 0 heterocycles. The van der Waals surface area contributed by atoms with Crippen molar-refractivity contribution >= 4 is 9.76 Å². The molecular weight excluding hydrogens is 164 g/mol. The van der Waals surface area contributed by atoms with E-state index < -0.39 is 9.76 Å². The summed E-state index contributed by atoms with van der Waals surface area (Å²) < 4.78 is 5.71. The molecule has 1 aromatic rings. The molecule has 1 rings (SSSR count). The highest BCUT2D eigenvalue weighted by Crippen LogP contribution is 2.21. The Labute approximate surface area is 76.7 Å². The summed E-state index contributed by atoms with van der Waals surface area (Å²) >= 11 is 0. The first-order valence-electron chi connectivity index (χ1n) is 4.26. The van der Waals surface area contributed by atoms with E-state index >= 15 is 0 Å². The number of rotatable bonds is 2. The lowest BCUT2D eigenvalue weighted by molar-refractivity contribution is 0.544. The molecule has 0 bridgehead atoms. The van der Waals surface area contributed by atoms with Crippen LogP contribution in [0.25, 0.3) is 0 Å². The smallest absolute Gasteiger partial charge is 0.224 e. The fourth-order valence-corrected chi connectivity index (χ4v) is 1.61. The van der Waals surface area contributed by atoms with Crippen LogP contribution in [0, 0.1) is 0 Å². The zero-order valence-electron chi connectivity index (χ0n) is 8.00. The highest BCUT2D eigenvalue weighted by molar-refractivity contribution is 6.32. The third kappa shape index (κ3) is 3.58. The Morgan fingerprint density at radius 3 is 2.17 bits per heavy atom. The minimum Gasteiger partial charge on any atom is -0.549 e. The summed E-state index contributed by atoms with van der Waals surface area (Å²) in [7, 11) is -0.449. The van der Waals surface area contributed by atoms with Crippen LogP contribution in [0.1, 0.15) is 20.8 Å². The van der Waals surface area contributed by atoms with Gasteiger partial charge in [0.2, 0.25) is 9.76 Å². The maximum atomic E-state index is 5.71. The van der Waals surface area contributed by atoms with Crippen molar-refractivity contribution in [2.75, 3.05) is 0 Å². The summed E-state index contributed by atoms with van der Waals surface area (Å²) in [6.45, 7) is 6.67. The second-order valence-corrected chi connectivity index (χ2v) is 6.86. The van der Waals surface area contributed by atoms with Crippen molar-refractivity contribution in [3.63, 3.8) is 0 Å². The van der Waals surface area contributed by atoms with Crippen LogP contribution < -0.4 is 4.43 Å². The normalized spacial score (nSPS) is 12.2. The Bertz CT molecular complexity index is 225. The fraction of sp³-hybridized carbons (Fsp3) is 0.400. The van der Waals surface area contributed by atoms with Gasteiger partial charge in [-0.1, -0.05) is 39.0 Å². The van der Waals surface area contributed by atoms with Gasteiger partial charge in [-0.3, -0.25) is 0 Å². The molecule has 0 unspecified atom stereocenters. The lowest BCUT2D eigenvalue weighted by Crippen LogP contribution is -2.15. The summed E-state index contributed by atoms with van der Waals surface area (Å²) in [4.78, 5) is 0. The molecule has 0 atom stereocenters. The van der Waals surface area contributed by atoms with Gasteiger partial charge in [0.05, 0.1) is 0 Å². The number of para-hydroxylation sites is 1. The molecule has 0 saturated heterocycles. The van der Waals surface area contributed by atoms with E-state index in [0.29, 0.717) is 5.04 Å². The molecule has 0 aliphatic heterocycles. The Balaban J connectivity index is 2.44. The van der Waals surface area contributed by atoms with E-state index in [1.165, 1.54) is 0 Å². The Kier molecular flexibility index (Phi) is 2.92. The molecule has 0 N–H and O–H groups in total. The molecule has 66 valence electrons. The number of hydrogen-bond donors (Lipinski definition) is 0. The maximum Gasteiger partial charge on any atom is 0.224 e. The molecule has 12 heavy (non-hydrogen) atoms. The van der Waals surface area contributed by atoms with Gasteiger partial charge in [0.15, 0.2) is 0 Å². The zero-order chi connectivity index (χ0) is 9.03. The molecule has 0 aromatic heterocycles. The lowest BCUT2D eigenvalue weighted by atomic mass is 10.3. The average molecular weight is 180 g/mol. The molecule has 1 aromatic carbocycles. The van der Waals surface area contributed by atoms with Crippen molar-refractivity contribution in [1.29, 1.82) is 0 Å². The van der Waals surface area contributed by atoms with Crippen LogP contribution in [0.3, 0.4) is 0 Å². The van der Waals surface area contributed by atoms with Crippen LogP contribution in [0.2, 0.25) is 5.04 Å². The first kappa shape index (κ1) is 9.33. The van der Waals surface area contributed by atoms with Gasteiger partial charge in [-0.05, 0) is 17.2 Å². The van der Waals surface area contributed by atoms with Crippen LogP contribution in [-0.2, 0) is 0 Å². The van der Waals surface area contributed by atoms with E-state index in [2.05, 4.69) is 20.8 Å². The minimum absolute atomic E-state index is 0.371. The summed E-state index contributed by atoms with van der Waals surface area (Å²) in [5.74, 6) is 1.01. The van der Waals surface area contributed by atoms with Crippen molar-refractivity contribution < 1.29 is 4.43 Å². The van der Waals surface area contributed by atoms with Crippen molar-refractivity contribution in [2.45, 2.75) is 25.8 Å². The van der Waals surface area contributed by atoms with Crippen LogP contribution in [0.4, 0.5) is 0 Å². The SMILES string of the molecule is CC(C)(C)[SiH2]Oc1ccccc1. The molecule has 0 aliphatic carbocycles. The van der Waals surface area contributed by atoms with Gasteiger partial charge < -0.3 is 4.43 Å². The quantitative estimate of drug-likeness (QED) is 0.635. The highest BCUT2D eigenvalue weighted by Gasteiger charge is 2.12. The van der Waals surface area contributed by atoms with E-state index in [0.717, 1.165) is 5.75 Å². The molecule has 0 aliphatic rings. The highest BCUT2D eigenvalue weighted by atomic mass is 28.2. The van der Waals surface area contributed by atoms with Gasteiger partial charge >= 0.3 is 0 Å². The standard InChI is InChI=1S/C10H16OSi/c1-10(2,3)12-11-9-7-5-4-6-8-9/h4-8H,12H2,1-3H3. The average Bonchev–Trinajstić information content (AvgIpc) is 2.02. The van der Waals surface area contributed by atoms with Gasteiger partial charge in [0.1, 0.15) is 5.75 Å². The van der Waals surface area contributed by atoms with Gasteiger partial charge in [0, 0.05) is 0 Å². The van der Waals surface area contributed by atoms with E-state index in [-0.39, 0.29) is 0 Å². The summed E-state index contributed by atoms with van der Waals surface area (Å²) in [5, 5.41) is 0.371. The Morgan fingerprint density at radius 2 is 1.67 bits per heavy atom. The molecule has 0 radical (unpaired) electrons. The second-order valence-electron chi connectivity index (χ2n) is 4.16. The largest absolute Gasteiger partial charge is 0.549 e. The lowest BCUT2D eigenvalue weighted by Gasteiger charge is -2.17. The zero-order valence-corrected chi connectivity index (χ0v) is 9.42. The van der Waals surface area contributed by atoms with Crippen LogP contribution >= 0.6 is 0 Å². The van der Waals surface area contributed by atoms with Gasteiger partial charge in [-0.25, -0.2) is 0 Å². The van der Waals surface area contributed by atoms with E-state index in [1.54, 1.807) is 0 Å². The van der Waals surface area contributed by atoms with E-state index in [1.807, 2.05) is 30.3 Å². The minimum atomic E-state index is -0.449. The van der Waals surface area contributed by atoms with Crippen molar-refractivity contribution in [1.82, 2.24) is 0 Å². The summed E-state index contributed by atoms with van der Waals surface area (Å²) in [6, 6.07) is 10.0. The summed E-state index contributed by atoms with van der Waals surface area (Å²) in [6.07, 6.45) is 0. The Morgan fingerprint density at radius 1 is 1.08 bits per heavy atom. The third-order valence-corrected chi connectivity index (χ3v) is 2.76. The van der Waals surface area contributed by atoms with Gasteiger partial charge in [0.25, 0.3) is 0 Å².